The Balaban J connectivity index is 0.000000548. The Hall–Kier alpha value is -2.16. The van der Waals surface area contributed by atoms with Crippen LogP contribution in [0, 0.1) is 13.8 Å². The van der Waals surface area contributed by atoms with Gasteiger partial charge in [-0.3, -0.25) is 0 Å². The van der Waals surface area contributed by atoms with Gasteiger partial charge in [0.1, 0.15) is 11.5 Å². The molecule has 0 radical (unpaired) electrons. The van der Waals surface area contributed by atoms with Crippen molar-refractivity contribution in [2.24, 2.45) is 0 Å². The van der Waals surface area contributed by atoms with Crippen LogP contribution in [0.5, 0.6) is 11.5 Å². The van der Waals surface area contributed by atoms with Gasteiger partial charge in [0, 0.05) is 16.7 Å². The molecule has 0 atom stereocenters. The molecule has 4 rings (SSSR count). The zero-order valence-corrected chi connectivity index (χ0v) is 17.6. The molecule has 5 N–H and O–H groups in total. The van der Waals surface area contributed by atoms with Crippen LogP contribution in [-0.4, -0.2) is 60.4 Å². The van der Waals surface area contributed by atoms with E-state index >= 15 is 0 Å². The Bertz CT molecular complexity index is 1140. The molecular weight excluding hydrogens is 446 g/mol. The van der Waals surface area contributed by atoms with Crippen molar-refractivity contribution in [3.63, 3.8) is 0 Å². The summed E-state index contributed by atoms with van der Waals surface area (Å²) < 4.78 is 14.9. The molecule has 1 aliphatic heterocycles. The predicted octanol–water partition coefficient (Wildman–Crippen LogP) is 2.60. The number of rotatable bonds is 2. The number of aryl methyl sites for hydroxylation is 2. The second-order valence-electron chi connectivity index (χ2n) is 7.13. The number of hydrogen-bond acceptors (Lipinski definition) is 5. The van der Waals surface area contributed by atoms with Gasteiger partial charge in [-0.25, -0.2) is 9.36 Å². The Labute approximate surface area is 206 Å². The molecule has 0 amide bonds. The van der Waals surface area contributed by atoms with E-state index in [1.165, 1.54) is 0 Å². The zero-order valence-electron chi connectivity index (χ0n) is 16.7. The predicted molar refractivity (Wildman–Crippen MR) is 119 cm³/mol. The van der Waals surface area contributed by atoms with Gasteiger partial charge in [0.05, 0.1) is 5.56 Å². The molecule has 0 saturated carbocycles. The maximum atomic E-state index is 12.6. The summed E-state index contributed by atoms with van der Waals surface area (Å²) in [6.07, 6.45) is 0. The van der Waals surface area contributed by atoms with E-state index in [1.807, 2.05) is 24.3 Å². The van der Waals surface area contributed by atoms with Gasteiger partial charge in [-0.1, -0.05) is 30.3 Å². The molecule has 0 spiro atoms. The normalized spacial score (nSPS) is 13.8. The molecule has 8 nitrogen and oxygen atoms in total. The molecule has 3 aromatic rings. The minimum absolute atomic E-state index is 0. The summed E-state index contributed by atoms with van der Waals surface area (Å²) in [6, 6.07) is 17.7. The third-order valence-corrected chi connectivity index (χ3v) is 4.98. The summed E-state index contributed by atoms with van der Waals surface area (Å²) in [4.78, 5) is 34.2. The van der Waals surface area contributed by atoms with Crippen LogP contribution >= 0.6 is 7.82 Å². The van der Waals surface area contributed by atoms with Crippen molar-refractivity contribution < 1.29 is 39.0 Å². The summed E-state index contributed by atoms with van der Waals surface area (Å²) in [5.41, 5.74) is 3.03. The van der Waals surface area contributed by atoms with E-state index in [0.717, 1.165) is 16.7 Å². The van der Waals surface area contributed by atoms with Crippen molar-refractivity contribution in [2.75, 3.05) is 0 Å². The molecule has 0 unspecified atom stereocenters. The van der Waals surface area contributed by atoms with Crippen molar-refractivity contribution in [3.05, 3.63) is 94.0 Å². The number of hydrogen-bond donors (Lipinski definition) is 5. The van der Waals surface area contributed by atoms with E-state index < -0.39 is 19.4 Å². The number of ether oxygens (including phenoxy) is 1. The number of fused-ring (bicyclic) bond motifs is 1. The fourth-order valence-corrected chi connectivity index (χ4v) is 3.56. The Kier molecular flexibility index (Phi) is 7.96. The third-order valence-electron chi connectivity index (χ3n) is 4.98. The first-order valence-corrected chi connectivity index (χ1v) is 10.7. The van der Waals surface area contributed by atoms with Gasteiger partial charge in [0.25, 0.3) is 0 Å². The SMILES string of the molecule is Cc1cc(C2(c3ccc(O)c(C)c3)OC(=O)c3ccccc32)ccc1O.O=P(O)(O)O.[NaH]. The topological polar surface area (TPSA) is 145 Å². The molecule has 0 aromatic heterocycles. The van der Waals surface area contributed by atoms with Crippen LogP contribution in [0.1, 0.15) is 38.2 Å². The van der Waals surface area contributed by atoms with Crippen LogP contribution in [0.4, 0.5) is 0 Å². The maximum absolute atomic E-state index is 12.6. The molecule has 0 bridgehead atoms. The Morgan fingerprint density at radius 3 is 1.69 bits per heavy atom. The molecule has 0 fully saturated rings. The Morgan fingerprint density at radius 2 is 1.25 bits per heavy atom. The monoisotopic (exact) mass is 468 g/mol. The molecule has 1 aliphatic rings. The molecule has 0 saturated heterocycles. The number of carbonyl (C=O) groups is 1. The van der Waals surface area contributed by atoms with Gasteiger partial charge in [-0.15, -0.1) is 0 Å². The minimum atomic E-state index is -4.64. The van der Waals surface area contributed by atoms with Crippen molar-refractivity contribution in [1.82, 2.24) is 0 Å². The van der Waals surface area contributed by atoms with Crippen molar-refractivity contribution in [3.8, 4) is 11.5 Å². The fraction of sp³-hybridized carbons (Fsp3) is 0.136. The van der Waals surface area contributed by atoms with E-state index in [2.05, 4.69) is 0 Å². The number of aromatic hydroxyl groups is 2. The molecule has 164 valence electrons. The first-order chi connectivity index (χ1) is 14.4. The van der Waals surface area contributed by atoms with E-state index in [9.17, 15) is 15.0 Å². The Morgan fingerprint density at radius 1 is 0.812 bits per heavy atom. The first-order valence-electron chi connectivity index (χ1n) is 9.15. The second kappa shape index (κ2) is 9.77. The molecular formula is C22H22NaO8P. The summed E-state index contributed by atoms with van der Waals surface area (Å²) in [5.74, 6) is -0.0242. The fourth-order valence-electron chi connectivity index (χ4n) is 3.56. The van der Waals surface area contributed by atoms with Crippen LogP contribution in [0.15, 0.2) is 60.7 Å². The van der Waals surface area contributed by atoms with E-state index in [0.29, 0.717) is 16.7 Å². The van der Waals surface area contributed by atoms with Gasteiger partial charge in [0.2, 0.25) is 0 Å². The third kappa shape index (κ3) is 5.24. The van der Waals surface area contributed by atoms with Crippen molar-refractivity contribution in [2.45, 2.75) is 19.4 Å². The molecule has 32 heavy (non-hydrogen) atoms. The number of benzene rings is 3. The van der Waals surface area contributed by atoms with Gasteiger partial charge in [-0.2, -0.15) is 0 Å². The standard InChI is InChI=1S/C22H18O4.Na.H3O4P.H/c1-13-11-15(7-9-19(13)23)22(16-8-10-20(24)14(2)12-16)18-6-4-3-5-17(18)21(25)26-22;;1-5(2,3)4;/h3-12,23-24H,1-2H3;;(H3,1,2,3,4);. The van der Waals surface area contributed by atoms with Gasteiger partial charge in [-0.05, 0) is 55.3 Å². The molecule has 1 heterocycles. The summed E-state index contributed by atoms with van der Waals surface area (Å²) in [6.45, 7) is 3.61. The van der Waals surface area contributed by atoms with Crippen LogP contribution in [0.2, 0.25) is 0 Å². The number of carbonyl (C=O) groups excluding carboxylic acids is 1. The molecule has 0 aliphatic carbocycles. The van der Waals surface area contributed by atoms with Crippen LogP contribution in [0.25, 0.3) is 0 Å². The summed E-state index contributed by atoms with van der Waals surface area (Å²) in [7, 11) is -4.64. The summed E-state index contributed by atoms with van der Waals surface area (Å²) in [5, 5.41) is 19.9. The van der Waals surface area contributed by atoms with Gasteiger partial charge in [0.15, 0.2) is 5.60 Å². The van der Waals surface area contributed by atoms with E-state index in [-0.39, 0.29) is 41.1 Å². The van der Waals surface area contributed by atoms with Crippen molar-refractivity contribution in [1.29, 1.82) is 0 Å². The number of phenolic OH excluding ortho intramolecular Hbond substituents is 2. The van der Waals surface area contributed by atoms with Crippen LogP contribution < -0.4 is 0 Å². The second-order valence-corrected chi connectivity index (χ2v) is 8.16. The first kappa shape index (κ1) is 26.1. The average molecular weight is 468 g/mol. The number of esters is 1. The number of cyclic esters (lactones) is 1. The zero-order chi connectivity index (χ0) is 23.0. The van der Waals surface area contributed by atoms with Crippen LogP contribution in [0.3, 0.4) is 0 Å². The summed E-state index contributed by atoms with van der Waals surface area (Å²) >= 11 is 0. The quantitative estimate of drug-likeness (QED) is 0.219. The average Bonchev–Trinajstić information content (AvgIpc) is 2.99. The molecule has 10 heteroatoms. The van der Waals surface area contributed by atoms with Gasteiger partial charge < -0.3 is 29.6 Å². The van der Waals surface area contributed by atoms with E-state index in [4.69, 9.17) is 24.0 Å². The van der Waals surface area contributed by atoms with Gasteiger partial charge >= 0.3 is 43.3 Å². The number of phenols is 2. The van der Waals surface area contributed by atoms with Crippen molar-refractivity contribution >= 4 is 43.3 Å². The van der Waals surface area contributed by atoms with Crippen LogP contribution in [-0.2, 0) is 14.9 Å². The van der Waals surface area contributed by atoms with E-state index in [1.54, 1.807) is 50.2 Å². The number of phosphoric acid groups is 1. The molecule has 3 aromatic carbocycles.